The number of halogens is 2. The van der Waals surface area contributed by atoms with E-state index in [0.717, 1.165) is 37.7 Å². The van der Waals surface area contributed by atoms with Gasteiger partial charge in [0, 0.05) is 37.9 Å². The van der Waals surface area contributed by atoms with Crippen molar-refractivity contribution in [1.82, 2.24) is 9.97 Å². The van der Waals surface area contributed by atoms with E-state index in [2.05, 4.69) is 19.8 Å². The van der Waals surface area contributed by atoms with Gasteiger partial charge in [-0.3, -0.25) is 0 Å². The predicted molar refractivity (Wildman–Crippen MR) is 99.3 cm³/mol. The van der Waals surface area contributed by atoms with Gasteiger partial charge in [0.05, 0.1) is 0 Å². The molecule has 1 aromatic heterocycles. The summed E-state index contributed by atoms with van der Waals surface area (Å²) in [7, 11) is 0. The highest BCUT2D eigenvalue weighted by atomic mass is 19.1. The maximum absolute atomic E-state index is 13.8. The first-order chi connectivity index (χ1) is 13.2. The summed E-state index contributed by atoms with van der Waals surface area (Å²) in [5, 5.41) is 0. The highest BCUT2D eigenvalue weighted by Crippen LogP contribution is 2.25. The summed E-state index contributed by atoms with van der Waals surface area (Å²) >= 11 is 0. The average Bonchev–Trinajstić information content (AvgIpc) is 2.71. The van der Waals surface area contributed by atoms with Gasteiger partial charge in [-0.05, 0) is 36.4 Å². The molecule has 2 heterocycles. The molecule has 0 N–H and O–H groups in total. The molecular weight excluding hydrogens is 350 g/mol. The lowest BCUT2D eigenvalue weighted by Crippen LogP contribution is -2.46. The number of benzene rings is 2. The summed E-state index contributed by atoms with van der Waals surface area (Å²) < 4.78 is 32.4. The van der Waals surface area contributed by atoms with Crippen molar-refractivity contribution in [3.8, 4) is 11.6 Å². The van der Waals surface area contributed by atoms with Crippen LogP contribution in [0, 0.1) is 11.6 Å². The van der Waals surface area contributed by atoms with Gasteiger partial charge in [0.2, 0.25) is 5.88 Å². The summed E-state index contributed by atoms with van der Waals surface area (Å²) in [6, 6.07) is 14.4. The number of aromatic nitrogens is 2. The van der Waals surface area contributed by atoms with Crippen molar-refractivity contribution < 1.29 is 13.5 Å². The van der Waals surface area contributed by atoms with E-state index in [9.17, 15) is 8.78 Å². The molecule has 0 spiro atoms. The van der Waals surface area contributed by atoms with Gasteiger partial charge in [-0.1, -0.05) is 12.1 Å². The molecule has 0 saturated carbocycles. The Balaban J connectivity index is 1.43. The van der Waals surface area contributed by atoms with E-state index in [1.54, 1.807) is 36.4 Å². The normalized spacial score (nSPS) is 14.3. The van der Waals surface area contributed by atoms with E-state index in [0.29, 0.717) is 5.88 Å². The van der Waals surface area contributed by atoms with E-state index >= 15 is 0 Å². The maximum atomic E-state index is 13.8. The SMILES string of the molecule is Fc1ccc(N2CCN(c3cc(Oc4ccccc4F)ncn3)CC2)cc1. The lowest BCUT2D eigenvalue weighted by Gasteiger charge is -2.36. The molecular formula is C20H18F2N4O. The molecule has 0 unspecified atom stereocenters. The van der Waals surface area contributed by atoms with Crippen molar-refractivity contribution >= 4 is 11.5 Å². The maximum Gasteiger partial charge on any atom is 0.224 e. The zero-order chi connectivity index (χ0) is 18.6. The van der Waals surface area contributed by atoms with Crippen molar-refractivity contribution in [3.63, 3.8) is 0 Å². The number of hydrogen-bond donors (Lipinski definition) is 0. The fourth-order valence-corrected chi connectivity index (χ4v) is 3.04. The van der Waals surface area contributed by atoms with Crippen LogP contribution in [0.3, 0.4) is 0 Å². The number of para-hydroxylation sites is 1. The van der Waals surface area contributed by atoms with Crippen LogP contribution >= 0.6 is 0 Å². The highest BCUT2D eigenvalue weighted by molar-refractivity contribution is 5.50. The molecule has 1 aliphatic heterocycles. The molecule has 2 aromatic carbocycles. The monoisotopic (exact) mass is 368 g/mol. The van der Waals surface area contributed by atoms with Crippen molar-refractivity contribution in [2.45, 2.75) is 0 Å². The van der Waals surface area contributed by atoms with Gasteiger partial charge in [-0.25, -0.2) is 18.7 Å². The van der Waals surface area contributed by atoms with Crippen molar-refractivity contribution in [1.29, 1.82) is 0 Å². The average molecular weight is 368 g/mol. The van der Waals surface area contributed by atoms with Crippen LogP contribution in [-0.2, 0) is 0 Å². The molecule has 5 nitrogen and oxygen atoms in total. The number of rotatable bonds is 4. The molecule has 138 valence electrons. The third-order valence-corrected chi connectivity index (χ3v) is 4.47. The molecule has 0 bridgehead atoms. The minimum absolute atomic E-state index is 0.128. The Morgan fingerprint density at radius 3 is 2.26 bits per heavy atom. The van der Waals surface area contributed by atoms with Crippen LogP contribution < -0.4 is 14.5 Å². The summed E-state index contributed by atoms with van der Waals surface area (Å²) in [5.41, 5.74) is 1.00. The van der Waals surface area contributed by atoms with E-state index in [1.807, 2.05) is 0 Å². The van der Waals surface area contributed by atoms with Crippen LogP contribution in [0.5, 0.6) is 11.6 Å². The van der Waals surface area contributed by atoms with Gasteiger partial charge >= 0.3 is 0 Å². The molecule has 7 heteroatoms. The van der Waals surface area contributed by atoms with Crippen LogP contribution in [0.4, 0.5) is 20.3 Å². The van der Waals surface area contributed by atoms with Gasteiger partial charge in [0.25, 0.3) is 0 Å². The Morgan fingerprint density at radius 1 is 0.815 bits per heavy atom. The zero-order valence-corrected chi connectivity index (χ0v) is 14.6. The standard InChI is InChI=1S/C20H18F2N4O/c21-15-5-7-16(8-6-15)25-9-11-26(12-10-25)19-13-20(24-14-23-19)27-18-4-2-1-3-17(18)22/h1-8,13-14H,9-12H2. The molecule has 1 aliphatic rings. The van der Waals surface area contributed by atoms with Crippen molar-refractivity contribution in [2.24, 2.45) is 0 Å². The second-order valence-electron chi connectivity index (χ2n) is 6.20. The summed E-state index contributed by atoms with van der Waals surface area (Å²) in [5.74, 6) is 0.482. The van der Waals surface area contributed by atoms with E-state index in [1.165, 1.54) is 24.5 Å². The fourth-order valence-electron chi connectivity index (χ4n) is 3.04. The van der Waals surface area contributed by atoms with Crippen LogP contribution in [0.1, 0.15) is 0 Å². The Bertz CT molecular complexity index is 912. The zero-order valence-electron chi connectivity index (χ0n) is 14.6. The second-order valence-corrected chi connectivity index (χ2v) is 6.20. The molecule has 4 rings (SSSR count). The number of anilines is 2. The quantitative estimate of drug-likeness (QED) is 0.699. The fraction of sp³-hybridized carbons (Fsp3) is 0.200. The van der Waals surface area contributed by atoms with Gasteiger partial charge in [0.1, 0.15) is 18.0 Å². The van der Waals surface area contributed by atoms with Crippen LogP contribution in [0.2, 0.25) is 0 Å². The first-order valence-electron chi connectivity index (χ1n) is 8.69. The third-order valence-electron chi connectivity index (χ3n) is 4.47. The Labute approximate surface area is 155 Å². The lowest BCUT2D eigenvalue weighted by atomic mass is 10.2. The minimum Gasteiger partial charge on any atom is -0.436 e. The van der Waals surface area contributed by atoms with E-state index in [4.69, 9.17) is 4.74 Å². The second kappa shape index (κ2) is 7.57. The van der Waals surface area contributed by atoms with Gasteiger partial charge < -0.3 is 14.5 Å². The van der Waals surface area contributed by atoms with Crippen molar-refractivity contribution in [2.75, 3.05) is 36.0 Å². The molecule has 1 saturated heterocycles. The number of nitrogens with zero attached hydrogens (tertiary/aromatic N) is 4. The summed E-state index contributed by atoms with van der Waals surface area (Å²) in [6.07, 6.45) is 1.41. The highest BCUT2D eigenvalue weighted by Gasteiger charge is 2.19. The largest absolute Gasteiger partial charge is 0.436 e. The first kappa shape index (κ1) is 17.2. The molecule has 3 aromatic rings. The Kier molecular flexibility index (Phi) is 4.82. The molecule has 0 atom stereocenters. The number of ether oxygens (including phenoxy) is 1. The number of hydrogen-bond acceptors (Lipinski definition) is 5. The van der Waals surface area contributed by atoms with Crippen molar-refractivity contribution in [3.05, 3.63) is 72.6 Å². The van der Waals surface area contributed by atoms with Gasteiger partial charge in [-0.2, -0.15) is 0 Å². The smallest absolute Gasteiger partial charge is 0.224 e. The van der Waals surface area contributed by atoms with Crippen LogP contribution in [-0.4, -0.2) is 36.1 Å². The number of piperazine rings is 1. The first-order valence-corrected chi connectivity index (χ1v) is 8.69. The summed E-state index contributed by atoms with van der Waals surface area (Å²) in [4.78, 5) is 12.7. The Hall–Kier alpha value is -3.22. The minimum atomic E-state index is -0.439. The summed E-state index contributed by atoms with van der Waals surface area (Å²) in [6.45, 7) is 3.10. The topological polar surface area (TPSA) is 41.5 Å². The van der Waals surface area contributed by atoms with E-state index < -0.39 is 5.82 Å². The third kappa shape index (κ3) is 3.97. The van der Waals surface area contributed by atoms with Crippen LogP contribution in [0.25, 0.3) is 0 Å². The molecule has 27 heavy (non-hydrogen) atoms. The predicted octanol–water partition coefficient (Wildman–Crippen LogP) is 3.87. The molecule has 0 aliphatic carbocycles. The van der Waals surface area contributed by atoms with Gasteiger partial charge in [0.15, 0.2) is 11.6 Å². The van der Waals surface area contributed by atoms with Gasteiger partial charge in [-0.15, -0.1) is 0 Å². The molecule has 1 fully saturated rings. The lowest BCUT2D eigenvalue weighted by molar-refractivity contribution is 0.426. The van der Waals surface area contributed by atoms with Crippen LogP contribution in [0.15, 0.2) is 60.9 Å². The Morgan fingerprint density at radius 2 is 1.52 bits per heavy atom. The molecule has 0 amide bonds. The van der Waals surface area contributed by atoms with E-state index in [-0.39, 0.29) is 11.6 Å². The molecule has 0 radical (unpaired) electrons.